The topological polar surface area (TPSA) is 146 Å². The fraction of sp³-hybridized carbons (Fsp3) is 0.130. The Bertz CT molecular complexity index is 1320. The molecule has 11 nitrogen and oxygen atoms in total. The number of hydrogen-bond donors (Lipinski definition) is 1. The summed E-state index contributed by atoms with van der Waals surface area (Å²) in [7, 11) is 1.26. The Morgan fingerprint density at radius 3 is 2.16 bits per heavy atom. The third-order valence-corrected chi connectivity index (χ3v) is 4.89. The van der Waals surface area contributed by atoms with E-state index < -0.39 is 44.6 Å². The van der Waals surface area contributed by atoms with Crippen molar-refractivity contribution in [2.24, 2.45) is 5.10 Å². The lowest BCUT2D eigenvalue weighted by atomic mass is 10.1. The van der Waals surface area contributed by atoms with E-state index >= 15 is 0 Å². The van der Waals surface area contributed by atoms with Crippen LogP contribution in [0.25, 0.3) is 0 Å². The molecule has 0 radical (unpaired) electrons. The molecule has 3 aromatic rings. The number of hydrogen-bond acceptors (Lipinski definition) is 9. The molecule has 192 valence electrons. The average molecular weight is 518 g/mol. The van der Waals surface area contributed by atoms with Crippen molar-refractivity contribution in [3.8, 4) is 5.75 Å². The normalized spacial score (nSPS) is 11.2. The van der Waals surface area contributed by atoms with E-state index in [1.165, 1.54) is 7.11 Å². The molecule has 0 atom stereocenters. The molecular weight excluding hydrogens is 501 g/mol. The summed E-state index contributed by atoms with van der Waals surface area (Å²) in [6, 6.07) is 13.3. The van der Waals surface area contributed by atoms with Crippen LogP contribution < -0.4 is 10.2 Å². The quantitative estimate of drug-likeness (QED) is 0.173. The number of esters is 1. The van der Waals surface area contributed by atoms with Gasteiger partial charge in [-0.25, -0.2) is 4.79 Å². The van der Waals surface area contributed by atoms with Gasteiger partial charge in [0.05, 0.1) is 34.3 Å². The van der Waals surface area contributed by atoms with Crippen molar-refractivity contribution in [3.63, 3.8) is 0 Å². The molecule has 3 rings (SSSR count). The van der Waals surface area contributed by atoms with Gasteiger partial charge in [0.1, 0.15) is 12.4 Å². The van der Waals surface area contributed by atoms with Crippen molar-refractivity contribution in [3.05, 3.63) is 103 Å². The van der Waals surface area contributed by atoms with Crippen molar-refractivity contribution >= 4 is 29.2 Å². The lowest BCUT2D eigenvalue weighted by Crippen LogP contribution is -2.09. The minimum atomic E-state index is -5.03. The maximum atomic E-state index is 13.1. The fourth-order valence-electron chi connectivity index (χ4n) is 3.08. The van der Waals surface area contributed by atoms with Crippen LogP contribution in [0.5, 0.6) is 5.75 Å². The summed E-state index contributed by atoms with van der Waals surface area (Å²) in [6.45, 7) is 0.0928. The molecule has 0 unspecified atom stereocenters. The van der Waals surface area contributed by atoms with Crippen LogP contribution in [0.1, 0.15) is 27.0 Å². The molecule has 0 aromatic heterocycles. The van der Waals surface area contributed by atoms with E-state index in [4.69, 9.17) is 4.74 Å². The van der Waals surface area contributed by atoms with Crippen LogP contribution in [0.15, 0.2) is 65.8 Å². The highest BCUT2D eigenvalue weighted by atomic mass is 19.4. The lowest BCUT2D eigenvalue weighted by Gasteiger charge is -2.10. The van der Waals surface area contributed by atoms with E-state index in [0.717, 1.165) is 6.21 Å². The standard InChI is InChI=1S/C23H17F3N4O7/c1-36-22(31)15-8-6-14(7-9-15)13-37-20-5-3-2-4-16(20)12-27-28-21-18(29(32)33)10-17(23(24,25)26)11-19(21)30(34)35/h2-12,28H,13H2,1H3/b27-12+. The molecule has 0 aliphatic carbocycles. The predicted molar refractivity (Wildman–Crippen MR) is 125 cm³/mol. The number of carbonyl (C=O) groups excluding carboxylic acids is 1. The zero-order chi connectivity index (χ0) is 27.2. The monoisotopic (exact) mass is 518 g/mol. The van der Waals surface area contributed by atoms with Crippen LogP contribution in [0.3, 0.4) is 0 Å². The molecule has 0 saturated heterocycles. The van der Waals surface area contributed by atoms with Gasteiger partial charge in [-0.3, -0.25) is 25.7 Å². The number of hydrazone groups is 1. The largest absolute Gasteiger partial charge is 0.488 e. The zero-order valence-corrected chi connectivity index (χ0v) is 18.9. The molecule has 0 saturated carbocycles. The minimum Gasteiger partial charge on any atom is -0.488 e. The maximum Gasteiger partial charge on any atom is 0.416 e. The zero-order valence-electron chi connectivity index (χ0n) is 18.9. The first-order chi connectivity index (χ1) is 17.5. The number of nitro benzene ring substituents is 2. The van der Waals surface area contributed by atoms with E-state index in [0.29, 0.717) is 22.4 Å². The Morgan fingerprint density at radius 1 is 1.03 bits per heavy atom. The molecule has 37 heavy (non-hydrogen) atoms. The average Bonchev–Trinajstić information content (AvgIpc) is 2.86. The number of nitro groups is 2. The van der Waals surface area contributed by atoms with Crippen LogP contribution in [0.2, 0.25) is 0 Å². The van der Waals surface area contributed by atoms with Gasteiger partial charge in [0.2, 0.25) is 5.69 Å². The number of alkyl halides is 3. The number of nitrogens with one attached hydrogen (secondary N) is 1. The summed E-state index contributed by atoms with van der Waals surface area (Å²) >= 11 is 0. The van der Waals surface area contributed by atoms with E-state index in [1.54, 1.807) is 48.5 Å². The third-order valence-electron chi connectivity index (χ3n) is 4.89. The molecule has 0 aliphatic heterocycles. The fourth-order valence-corrected chi connectivity index (χ4v) is 3.08. The lowest BCUT2D eigenvalue weighted by molar-refractivity contribution is -0.392. The van der Waals surface area contributed by atoms with Crippen molar-refractivity contribution in [1.82, 2.24) is 0 Å². The summed E-state index contributed by atoms with van der Waals surface area (Å²) < 4.78 is 49.6. The number of ether oxygens (including phenoxy) is 2. The molecule has 0 amide bonds. The number of methoxy groups -OCH3 is 1. The Hall–Kier alpha value is -5.01. The van der Waals surface area contributed by atoms with Crippen molar-refractivity contribution in [2.75, 3.05) is 12.5 Å². The van der Waals surface area contributed by atoms with E-state index in [-0.39, 0.29) is 18.7 Å². The second-order valence-corrected chi connectivity index (χ2v) is 7.29. The number of rotatable bonds is 9. The highest BCUT2D eigenvalue weighted by Crippen LogP contribution is 2.41. The van der Waals surface area contributed by atoms with Crippen LogP contribution in [0, 0.1) is 20.2 Å². The van der Waals surface area contributed by atoms with Crippen LogP contribution >= 0.6 is 0 Å². The summed E-state index contributed by atoms with van der Waals surface area (Å²) in [5.74, 6) is -0.170. The second kappa shape index (κ2) is 11.2. The third kappa shape index (κ3) is 6.56. The summed E-state index contributed by atoms with van der Waals surface area (Å²) in [4.78, 5) is 31.8. The van der Waals surface area contributed by atoms with Gasteiger partial charge in [0, 0.05) is 17.7 Å². The molecule has 0 fully saturated rings. The first-order valence-electron chi connectivity index (χ1n) is 10.2. The smallest absolute Gasteiger partial charge is 0.416 e. The minimum absolute atomic E-state index is 0.0928. The van der Waals surface area contributed by atoms with Crippen LogP contribution in [-0.2, 0) is 17.5 Å². The highest BCUT2D eigenvalue weighted by Gasteiger charge is 2.37. The Balaban J connectivity index is 1.83. The van der Waals surface area contributed by atoms with E-state index in [9.17, 15) is 38.2 Å². The van der Waals surface area contributed by atoms with Gasteiger partial charge in [0.25, 0.3) is 0 Å². The Morgan fingerprint density at radius 2 is 1.62 bits per heavy atom. The summed E-state index contributed by atoms with van der Waals surface area (Å²) in [5, 5.41) is 26.4. The van der Waals surface area contributed by atoms with Crippen LogP contribution in [-0.4, -0.2) is 29.1 Å². The van der Waals surface area contributed by atoms with Gasteiger partial charge in [-0.05, 0) is 29.8 Å². The Labute approximate surface area is 206 Å². The molecule has 0 heterocycles. The first kappa shape index (κ1) is 26.6. The van der Waals surface area contributed by atoms with E-state index in [2.05, 4.69) is 15.3 Å². The second-order valence-electron chi connectivity index (χ2n) is 7.29. The van der Waals surface area contributed by atoms with Gasteiger partial charge in [-0.2, -0.15) is 18.3 Å². The summed E-state index contributed by atoms with van der Waals surface area (Å²) in [6.07, 6.45) is -3.89. The van der Waals surface area contributed by atoms with Gasteiger partial charge in [-0.1, -0.05) is 24.3 Å². The number of halogens is 3. The number of anilines is 1. The van der Waals surface area contributed by atoms with E-state index in [1.807, 2.05) is 0 Å². The van der Waals surface area contributed by atoms with Crippen LogP contribution in [0.4, 0.5) is 30.2 Å². The maximum absolute atomic E-state index is 13.1. The summed E-state index contributed by atoms with van der Waals surface area (Å²) in [5.41, 5.74) is -1.15. The molecular formula is C23H17F3N4O7. The van der Waals surface area contributed by atoms with Crippen molar-refractivity contribution in [2.45, 2.75) is 12.8 Å². The number of nitrogens with zero attached hydrogens (tertiary/aromatic N) is 3. The van der Waals surface area contributed by atoms with Crippen molar-refractivity contribution < 1.29 is 37.3 Å². The number of para-hydroxylation sites is 1. The van der Waals surface area contributed by atoms with Gasteiger partial charge in [-0.15, -0.1) is 0 Å². The number of benzene rings is 3. The highest BCUT2D eigenvalue weighted by molar-refractivity contribution is 5.89. The molecule has 0 bridgehead atoms. The van der Waals surface area contributed by atoms with Gasteiger partial charge < -0.3 is 9.47 Å². The number of carbonyl (C=O) groups is 1. The molecule has 0 spiro atoms. The molecule has 1 N–H and O–H groups in total. The first-order valence-corrected chi connectivity index (χ1v) is 10.2. The van der Waals surface area contributed by atoms with Gasteiger partial charge >= 0.3 is 23.5 Å². The molecule has 0 aliphatic rings. The van der Waals surface area contributed by atoms with Crippen molar-refractivity contribution in [1.29, 1.82) is 0 Å². The predicted octanol–water partition coefficient (Wildman–Crippen LogP) is 5.33. The Kier molecular flexibility index (Phi) is 8.02. The van der Waals surface area contributed by atoms with Gasteiger partial charge in [0.15, 0.2) is 0 Å². The molecule has 14 heteroatoms. The SMILES string of the molecule is COC(=O)c1ccc(COc2ccccc2/C=N/Nc2c([N+](=O)[O-])cc(C(F)(F)F)cc2[N+](=O)[O-])cc1. The molecule has 3 aromatic carbocycles.